The van der Waals surface area contributed by atoms with E-state index in [1.165, 1.54) is 0 Å². The highest BCUT2D eigenvalue weighted by Gasteiger charge is 2.15. The van der Waals surface area contributed by atoms with Crippen molar-refractivity contribution in [1.29, 1.82) is 0 Å². The smallest absolute Gasteiger partial charge is 0.0686 e. The van der Waals surface area contributed by atoms with E-state index < -0.39 is 0 Å². The van der Waals surface area contributed by atoms with E-state index in [2.05, 4.69) is 18.3 Å². The summed E-state index contributed by atoms with van der Waals surface area (Å²) in [4.78, 5) is 0. The first-order valence-corrected chi connectivity index (χ1v) is 8.18. The molecular formula is C16H15Cl4N. The minimum atomic E-state index is 0.399. The van der Waals surface area contributed by atoms with Crippen molar-refractivity contribution in [3.8, 4) is 11.1 Å². The van der Waals surface area contributed by atoms with Gasteiger partial charge in [0.2, 0.25) is 0 Å². The first kappa shape index (κ1) is 16.9. The van der Waals surface area contributed by atoms with Gasteiger partial charge in [-0.1, -0.05) is 71.5 Å². The van der Waals surface area contributed by atoms with Crippen LogP contribution in [0.1, 0.15) is 18.9 Å². The quantitative estimate of drug-likeness (QED) is 0.474. The summed E-state index contributed by atoms with van der Waals surface area (Å²) in [5.74, 6) is 0. The van der Waals surface area contributed by atoms with Crippen LogP contribution in [-0.2, 0) is 6.54 Å². The van der Waals surface area contributed by atoms with Crippen LogP contribution in [-0.4, -0.2) is 6.54 Å². The van der Waals surface area contributed by atoms with Crippen LogP contribution in [0.15, 0.2) is 30.3 Å². The average molecular weight is 363 g/mol. The lowest BCUT2D eigenvalue weighted by molar-refractivity contribution is 0.675. The minimum Gasteiger partial charge on any atom is -0.313 e. The van der Waals surface area contributed by atoms with E-state index in [0.29, 0.717) is 25.7 Å². The normalized spacial score (nSPS) is 10.9. The van der Waals surface area contributed by atoms with Crippen molar-refractivity contribution in [2.45, 2.75) is 19.9 Å². The highest BCUT2D eigenvalue weighted by atomic mass is 35.5. The Kier molecular flexibility index (Phi) is 6.21. The summed E-state index contributed by atoms with van der Waals surface area (Å²) in [5.41, 5.74) is 2.74. The van der Waals surface area contributed by atoms with Crippen molar-refractivity contribution in [1.82, 2.24) is 5.32 Å². The van der Waals surface area contributed by atoms with E-state index in [-0.39, 0.29) is 0 Å². The Hall–Kier alpha value is -0.440. The third-order valence-electron chi connectivity index (χ3n) is 3.08. The highest BCUT2D eigenvalue weighted by Crippen LogP contribution is 2.43. The van der Waals surface area contributed by atoms with Gasteiger partial charge in [-0.3, -0.25) is 0 Å². The second-order valence-corrected chi connectivity index (χ2v) is 6.29. The first-order chi connectivity index (χ1) is 10.0. The van der Waals surface area contributed by atoms with Crippen LogP contribution >= 0.6 is 46.4 Å². The van der Waals surface area contributed by atoms with E-state index in [9.17, 15) is 0 Å². The number of rotatable bonds is 5. The molecule has 0 aliphatic carbocycles. The summed E-state index contributed by atoms with van der Waals surface area (Å²) in [6, 6.07) is 9.58. The van der Waals surface area contributed by atoms with E-state index in [1.54, 1.807) is 6.07 Å². The van der Waals surface area contributed by atoms with Crippen molar-refractivity contribution in [2.24, 2.45) is 0 Å². The lowest BCUT2D eigenvalue weighted by Gasteiger charge is -2.12. The Morgan fingerprint density at radius 2 is 1.62 bits per heavy atom. The maximum absolute atomic E-state index is 6.29. The molecule has 0 saturated heterocycles. The van der Waals surface area contributed by atoms with Crippen molar-refractivity contribution in [3.63, 3.8) is 0 Å². The second-order valence-electron chi connectivity index (χ2n) is 4.72. The summed E-state index contributed by atoms with van der Waals surface area (Å²) in [6.45, 7) is 3.91. The molecule has 2 aromatic rings. The Labute approximate surface area is 145 Å². The van der Waals surface area contributed by atoms with Crippen LogP contribution in [0.4, 0.5) is 0 Å². The summed E-state index contributed by atoms with van der Waals surface area (Å²) in [7, 11) is 0. The summed E-state index contributed by atoms with van der Waals surface area (Å²) < 4.78 is 0. The van der Waals surface area contributed by atoms with Crippen molar-refractivity contribution in [3.05, 3.63) is 56.0 Å². The van der Waals surface area contributed by atoms with Gasteiger partial charge in [-0.15, -0.1) is 0 Å². The Balaban J connectivity index is 2.41. The van der Waals surface area contributed by atoms with Crippen molar-refractivity contribution in [2.75, 3.05) is 6.54 Å². The SMILES string of the molecule is CCCNCc1cccc(-c2c(Cl)c(Cl)cc(Cl)c2Cl)c1. The summed E-state index contributed by atoms with van der Waals surface area (Å²) >= 11 is 24.8. The zero-order valence-electron chi connectivity index (χ0n) is 11.5. The maximum atomic E-state index is 6.29. The lowest BCUT2D eigenvalue weighted by atomic mass is 10.0. The standard InChI is InChI=1S/C16H15Cl4N/c1-2-6-21-9-10-4-3-5-11(7-10)14-15(19)12(17)8-13(18)16(14)20/h3-5,7-8,21H,2,6,9H2,1H3. The zero-order chi connectivity index (χ0) is 15.4. The van der Waals surface area contributed by atoms with Crippen LogP contribution in [0.3, 0.4) is 0 Å². The fourth-order valence-electron chi connectivity index (χ4n) is 2.07. The van der Waals surface area contributed by atoms with Gasteiger partial charge in [-0.2, -0.15) is 0 Å². The molecule has 0 spiro atoms. The second kappa shape index (κ2) is 7.71. The summed E-state index contributed by atoms with van der Waals surface area (Å²) in [6.07, 6.45) is 1.10. The van der Waals surface area contributed by atoms with E-state index in [4.69, 9.17) is 46.4 Å². The fourth-order valence-corrected chi connectivity index (χ4v) is 3.10. The minimum absolute atomic E-state index is 0.399. The molecule has 0 aliphatic heterocycles. The molecule has 1 nitrogen and oxygen atoms in total. The highest BCUT2D eigenvalue weighted by molar-refractivity contribution is 6.50. The molecule has 0 atom stereocenters. The van der Waals surface area contributed by atoms with Crippen LogP contribution in [0.5, 0.6) is 0 Å². The van der Waals surface area contributed by atoms with Gasteiger partial charge in [-0.25, -0.2) is 0 Å². The molecule has 0 fully saturated rings. The Morgan fingerprint density at radius 1 is 0.952 bits per heavy atom. The van der Waals surface area contributed by atoms with E-state index >= 15 is 0 Å². The number of hydrogen-bond donors (Lipinski definition) is 1. The topological polar surface area (TPSA) is 12.0 Å². The van der Waals surface area contributed by atoms with Crippen LogP contribution < -0.4 is 5.32 Å². The molecular weight excluding hydrogens is 348 g/mol. The number of halogens is 4. The predicted molar refractivity (Wildman–Crippen MR) is 93.9 cm³/mol. The van der Waals surface area contributed by atoms with Gasteiger partial charge in [0.15, 0.2) is 0 Å². The number of hydrogen-bond acceptors (Lipinski definition) is 1. The fraction of sp³-hybridized carbons (Fsp3) is 0.250. The van der Waals surface area contributed by atoms with Gasteiger partial charge in [0, 0.05) is 12.1 Å². The lowest BCUT2D eigenvalue weighted by Crippen LogP contribution is -2.13. The van der Waals surface area contributed by atoms with Crippen molar-refractivity contribution < 1.29 is 0 Å². The molecule has 0 radical (unpaired) electrons. The zero-order valence-corrected chi connectivity index (χ0v) is 14.5. The van der Waals surface area contributed by atoms with Gasteiger partial charge >= 0.3 is 0 Å². The molecule has 2 aromatic carbocycles. The Bertz CT molecular complexity index is 614. The van der Waals surface area contributed by atoms with E-state index in [1.807, 2.05) is 18.2 Å². The largest absolute Gasteiger partial charge is 0.313 e. The summed E-state index contributed by atoms with van der Waals surface area (Å²) in [5, 5.41) is 5.00. The van der Waals surface area contributed by atoms with Gasteiger partial charge in [0.05, 0.1) is 20.1 Å². The van der Waals surface area contributed by atoms with E-state index in [0.717, 1.165) is 30.6 Å². The molecule has 0 bridgehead atoms. The molecule has 1 N–H and O–H groups in total. The third kappa shape index (κ3) is 4.06. The monoisotopic (exact) mass is 361 g/mol. The van der Waals surface area contributed by atoms with Crippen LogP contribution in [0.2, 0.25) is 20.1 Å². The maximum Gasteiger partial charge on any atom is 0.0686 e. The molecule has 0 aromatic heterocycles. The Morgan fingerprint density at radius 3 is 2.24 bits per heavy atom. The number of nitrogens with one attached hydrogen (secondary N) is 1. The number of benzene rings is 2. The molecule has 0 heterocycles. The predicted octanol–water partition coefficient (Wildman–Crippen LogP) is 6.47. The van der Waals surface area contributed by atoms with Crippen LogP contribution in [0, 0.1) is 0 Å². The van der Waals surface area contributed by atoms with Crippen LogP contribution in [0.25, 0.3) is 11.1 Å². The molecule has 0 aliphatic rings. The average Bonchev–Trinajstić information content (AvgIpc) is 2.46. The molecule has 0 amide bonds. The molecule has 112 valence electrons. The van der Waals surface area contributed by atoms with Gasteiger partial charge in [-0.05, 0) is 36.2 Å². The molecule has 2 rings (SSSR count). The van der Waals surface area contributed by atoms with Gasteiger partial charge < -0.3 is 5.32 Å². The first-order valence-electron chi connectivity index (χ1n) is 6.67. The molecule has 21 heavy (non-hydrogen) atoms. The van der Waals surface area contributed by atoms with Gasteiger partial charge in [0.1, 0.15) is 0 Å². The van der Waals surface area contributed by atoms with Gasteiger partial charge in [0.25, 0.3) is 0 Å². The van der Waals surface area contributed by atoms with Crippen molar-refractivity contribution >= 4 is 46.4 Å². The molecule has 0 saturated carbocycles. The third-order valence-corrected chi connectivity index (χ3v) is 4.66. The molecule has 5 heteroatoms. The molecule has 0 unspecified atom stereocenters.